The summed E-state index contributed by atoms with van der Waals surface area (Å²) in [6, 6.07) is 1.77. The molecular weight excluding hydrogens is 140 g/mol. The molecule has 1 aromatic rings. The monoisotopic (exact) mass is 150 g/mol. The number of hydrogen-bond acceptors (Lipinski definition) is 2. The minimum atomic E-state index is 0.181. The van der Waals surface area contributed by atoms with Crippen LogP contribution in [0.5, 0.6) is 0 Å². The van der Waals surface area contributed by atoms with E-state index in [1.807, 2.05) is 6.92 Å². The molecule has 0 saturated heterocycles. The highest BCUT2D eigenvalue weighted by molar-refractivity contribution is 5.99. The number of hydrogen-bond donors (Lipinski definition) is 0. The van der Waals surface area contributed by atoms with Gasteiger partial charge in [0, 0.05) is 12.3 Å². The van der Waals surface area contributed by atoms with Gasteiger partial charge >= 0.3 is 0 Å². The van der Waals surface area contributed by atoms with Crippen LogP contribution < -0.4 is 0 Å². The predicted octanol–water partition coefficient (Wildman–Crippen LogP) is 2.04. The zero-order chi connectivity index (χ0) is 7.84. The number of carbonyl (C=O) groups excluding carboxylic acids is 1. The Balaban J connectivity index is 2.46. The fourth-order valence-corrected chi connectivity index (χ4v) is 1.50. The Hall–Kier alpha value is -1.05. The van der Waals surface area contributed by atoms with Gasteiger partial charge in [-0.05, 0) is 12.5 Å². The van der Waals surface area contributed by atoms with Crippen LogP contribution in [0.2, 0.25) is 0 Å². The standard InChI is InChI=1S/C9H10O2/c1-6-2-3-8-7(9(6)10)4-5-11-8/h4-6H,2-3H2,1H3. The topological polar surface area (TPSA) is 30.2 Å². The Bertz CT molecular complexity index is 286. The first kappa shape index (κ1) is 6.65. The van der Waals surface area contributed by atoms with Crippen LogP contribution in [-0.2, 0) is 6.42 Å². The van der Waals surface area contributed by atoms with Crippen molar-refractivity contribution in [2.45, 2.75) is 19.8 Å². The molecule has 0 saturated carbocycles. The number of rotatable bonds is 0. The maximum absolute atomic E-state index is 11.4. The van der Waals surface area contributed by atoms with Crippen molar-refractivity contribution < 1.29 is 9.21 Å². The number of aryl methyl sites for hydroxylation is 1. The van der Waals surface area contributed by atoms with Gasteiger partial charge < -0.3 is 4.42 Å². The van der Waals surface area contributed by atoms with Crippen molar-refractivity contribution in [1.82, 2.24) is 0 Å². The highest BCUT2D eigenvalue weighted by Crippen LogP contribution is 2.25. The summed E-state index contributed by atoms with van der Waals surface area (Å²) >= 11 is 0. The minimum Gasteiger partial charge on any atom is -0.469 e. The minimum absolute atomic E-state index is 0.181. The second-order valence-electron chi connectivity index (χ2n) is 3.06. The highest BCUT2D eigenvalue weighted by Gasteiger charge is 2.25. The SMILES string of the molecule is CC1CCc2occc2C1=O. The molecule has 0 amide bonds. The van der Waals surface area contributed by atoms with Crippen LogP contribution in [0.25, 0.3) is 0 Å². The Kier molecular flexibility index (Phi) is 1.34. The van der Waals surface area contributed by atoms with Gasteiger partial charge in [-0.25, -0.2) is 0 Å². The first-order valence-electron chi connectivity index (χ1n) is 3.89. The van der Waals surface area contributed by atoms with Crippen molar-refractivity contribution >= 4 is 5.78 Å². The highest BCUT2D eigenvalue weighted by atomic mass is 16.3. The number of ketones is 1. The van der Waals surface area contributed by atoms with E-state index in [4.69, 9.17) is 4.42 Å². The average molecular weight is 150 g/mol. The van der Waals surface area contributed by atoms with E-state index in [9.17, 15) is 4.79 Å². The van der Waals surface area contributed by atoms with Crippen LogP contribution in [0.3, 0.4) is 0 Å². The summed E-state index contributed by atoms with van der Waals surface area (Å²) in [6.07, 6.45) is 3.44. The Morgan fingerprint density at radius 1 is 1.64 bits per heavy atom. The Labute approximate surface area is 65.2 Å². The van der Waals surface area contributed by atoms with Crippen LogP contribution >= 0.6 is 0 Å². The molecule has 11 heavy (non-hydrogen) atoms. The van der Waals surface area contributed by atoms with Gasteiger partial charge in [0.25, 0.3) is 0 Å². The molecule has 1 aromatic heterocycles. The summed E-state index contributed by atoms with van der Waals surface area (Å²) < 4.78 is 5.15. The van der Waals surface area contributed by atoms with E-state index in [2.05, 4.69) is 0 Å². The van der Waals surface area contributed by atoms with Crippen molar-refractivity contribution in [3.8, 4) is 0 Å². The van der Waals surface area contributed by atoms with E-state index >= 15 is 0 Å². The molecule has 2 heteroatoms. The lowest BCUT2D eigenvalue weighted by Gasteiger charge is -2.14. The van der Waals surface area contributed by atoms with Gasteiger partial charge in [-0.2, -0.15) is 0 Å². The van der Waals surface area contributed by atoms with Crippen molar-refractivity contribution in [2.75, 3.05) is 0 Å². The molecule has 0 spiro atoms. The maximum atomic E-state index is 11.4. The van der Waals surface area contributed by atoms with Crippen molar-refractivity contribution in [1.29, 1.82) is 0 Å². The first-order valence-corrected chi connectivity index (χ1v) is 3.89. The van der Waals surface area contributed by atoms with Crippen LogP contribution in [0.1, 0.15) is 29.5 Å². The largest absolute Gasteiger partial charge is 0.469 e. The molecule has 1 atom stereocenters. The molecule has 0 bridgehead atoms. The predicted molar refractivity (Wildman–Crippen MR) is 40.5 cm³/mol. The van der Waals surface area contributed by atoms with Gasteiger partial charge in [0.2, 0.25) is 0 Å². The zero-order valence-corrected chi connectivity index (χ0v) is 6.46. The lowest BCUT2D eigenvalue weighted by atomic mass is 9.88. The zero-order valence-electron chi connectivity index (χ0n) is 6.46. The van der Waals surface area contributed by atoms with E-state index in [0.717, 1.165) is 24.2 Å². The van der Waals surface area contributed by atoms with Crippen molar-refractivity contribution in [2.24, 2.45) is 5.92 Å². The number of fused-ring (bicyclic) bond motifs is 1. The second-order valence-corrected chi connectivity index (χ2v) is 3.06. The third-order valence-corrected chi connectivity index (χ3v) is 2.26. The second kappa shape index (κ2) is 2.22. The fourth-order valence-electron chi connectivity index (χ4n) is 1.50. The maximum Gasteiger partial charge on any atom is 0.169 e. The first-order chi connectivity index (χ1) is 5.29. The summed E-state index contributed by atoms with van der Waals surface area (Å²) in [4.78, 5) is 11.4. The molecule has 58 valence electrons. The lowest BCUT2D eigenvalue weighted by molar-refractivity contribution is 0.0909. The molecule has 0 aromatic carbocycles. The summed E-state index contributed by atoms with van der Waals surface area (Å²) in [5, 5.41) is 0. The van der Waals surface area contributed by atoms with Crippen molar-refractivity contribution in [3.63, 3.8) is 0 Å². The van der Waals surface area contributed by atoms with Gasteiger partial charge in [0.1, 0.15) is 5.76 Å². The summed E-state index contributed by atoms with van der Waals surface area (Å²) in [5.74, 6) is 1.29. The van der Waals surface area contributed by atoms with E-state index in [0.29, 0.717) is 0 Å². The molecule has 2 nitrogen and oxygen atoms in total. The average Bonchev–Trinajstić information content (AvgIpc) is 2.45. The van der Waals surface area contributed by atoms with E-state index in [1.165, 1.54) is 0 Å². The van der Waals surface area contributed by atoms with Gasteiger partial charge in [0.05, 0.1) is 11.8 Å². The molecule has 1 unspecified atom stereocenters. The fraction of sp³-hybridized carbons (Fsp3) is 0.444. The van der Waals surface area contributed by atoms with Gasteiger partial charge in [-0.3, -0.25) is 4.79 Å². The number of carbonyl (C=O) groups is 1. The molecule has 0 radical (unpaired) electrons. The van der Waals surface area contributed by atoms with Crippen molar-refractivity contribution in [3.05, 3.63) is 23.7 Å². The molecule has 2 rings (SSSR count). The Morgan fingerprint density at radius 2 is 2.45 bits per heavy atom. The van der Waals surface area contributed by atoms with Gasteiger partial charge in [-0.15, -0.1) is 0 Å². The van der Waals surface area contributed by atoms with Crippen LogP contribution in [0.4, 0.5) is 0 Å². The summed E-state index contributed by atoms with van der Waals surface area (Å²) in [6.45, 7) is 1.97. The molecule has 0 aliphatic heterocycles. The number of Topliss-reactive ketones (excluding diaryl/α,β-unsaturated/α-hetero) is 1. The Morgan fingerprint density at radius 3 is 3.27 bits per heavy atom. The molecule has 0 N–H and O–H groups in total. The van der Waals surface area contributed by atoms with Crippen LogP contribution in [0, 0.1) is 5.92 Å². The van der Waals surface area contributed by atoms with Gasteiger partial charge in [-0.1, -0.05) is 6.92 Å². The normalized spacial score (nSPS) is 23.4. The van der Waals surface area contributed by atoms with E-state index in [1.54, 1.807) is 12.3 Å². The number of furan rings is 1. The molecule has 1 aliphatic carbocycles. The quantitative estimate of drug-likeness (QED) is 0.566. The van der Waals surface area contributed by atoms with Crippen LogP contribution in [-0.4, -0.2) is 5.78 Å². The molecule has 1 heterocycles. The van der Waals surface area contributed by atoms with Gasteiger partial charge in [0.15, 0.2) is 5.78 Å². The van der Waals surface area contributed by atoms with Crippen LogP contribution in [0.15, 0.2) is 16.7 Å². The van der Waals surface area contributed by atoms with E-state index < -0.39 is 0 Å². The third kappa shape index (κ3) is 0.897. The molecular formula is C9H10O2. The smallest absolute Gasteiger partial charge is 0.169 e. The third-order valence-electron chi connectivity index (χ3n) is 2.26. The van der Waals surface area contributed by atoms with E-state index in [-0.39, 0.29) is 11.7 Å². The summed E-state index contributed by atoms with van der Waals surface area (Å²) in [5.41, 5.74) is 0.795. The molecule has 1 aliphatic rings. The molecule has 0 fully saturated rings. The summed E-state index contributed by atoms with van der Waals surface area (Å²) in [7, 11) is 0. The lowest BCUT2D eigenvalue weighted by Crippen LogP contribution is -2.18.